The maximum absolute atomic E-state index is 12.6. The Morgan fingerprint density at radius 2 is 1.76 bits per heavy atom. The summed E-state index contributed by atoms with van der Waals surface area (Å²) >= 11 is 7.73. The number of anilines is 1. The molecule has 0 unspecified atom stereocenters. The Kier molecular flexibility index (Phi) is 9.03. The number of nitrogens with one attached hydrogen (secondary N) is 1. The molecular formula is C23H24ClN3O5S. The van der Waals surface area contributed by atoms with Crippen LogP contribution in [0.3, 0.4) is 0 Å². The molecule has 1 fully saturated rings. The topological polar surface area (TPSA) is 122 Å². The first kappa shape index (κ1) is 24.5. The maximum Gasteiger partial charge on any atom is 0.503 e. The molecule has 1 heterocycles. The van der Waals surface area contributed by atoms with Crippen LogP contribution in [-0.2, 0) is 6.42 Å². The van der Waals surface area contributed by atoms with Crippen LogP contribution in [0.25, 0.3) is 0 Å². The van der Waals surface area contributed by atoms with Crippen molar-refractivity contribution < 1.29 is 24.5 Å². The van der Waals surface area contributed by atoms with Crippen molar-refractivity contribution in [2.75, 3.05) is 5.32 Å². The Hall–Kier alpha value is -3.17. The molecule has 0 aliphatic heterocycles. The highest BCUT2D eigenvalue weighted by Gasteiger charge is 2.18. The minimum atomic E-state index is -1.83. The normalized spacial score (nSPS) is 13.5. The SMILES string of the molecule is O=C(Nc1nnc(Cc2ccccc2)s1)c1ccc(OC2CCCCC2)c(Cl)c1.O=C(O)O. The number of amides is 1. The minimum absolute atomic E-state index is 0.213. The van der Waals surface area contributed by atoms with Gasteiger partial charge in [0.2, 0.25) is 5.13 Å². The molecule has 0 spiro atoms. The van der Waals surface area contributed by atoms with Crippen molar-refractivity contribution in [3.8, 4) is 5.75 Å². The van der Waals surface area contributed by atoms with Crippen LogP contribution in [0.5, 0.6) is 5.75 Å². The molecule has 1 aliphatic carbocycles. The summed E-state index contributed by atoms with van der Waals surface area (Å²) in [5, 5.41) is 26.7. The highest BCUT2D eigenvalue weighted by atomic mass is 35.5. The van der Waals surface area contributed by atoms with Crippen LogP contribution in [-0.4, -0.2) is 38.6 Å². The Balaban J connectivity index is 0.000000709. The van der Waals surface area contributed by atoms with Crippen molar-refractivity contribution in [1.29, 1.82) is 0 Å². The van der Waals surface area contributed by atoms with Crippen molar-refractivity contribution in [2.45, 2.75) is 44.6 Å². The molecule has 174 valence electrons. The van der Waals surface area contributed by atoms with E-state index in [9.17, 15) is 4.79 Å². The van der Waals surface area contributed by atoms with Crippen LogP contribution in [0, 0.1) is 0 Å². The van der Waals surface area contributed by atoms with E-state index in [4.69, 9.17) is 31.3 Å². The summed E-state index contributed by atoms with van der Waals surface area (Å²) in [4.78, 5) is 21.1. The summed E-state index contributed by atoms with van der Waals surface area (Å²) < 4.78 is 6.02. The van der Waals surface area contributed by atoms with E-state index in [1.165, 1.54) is 30.6 Å². The van der Waals surface area contributed by atoms with Crippen LogP contribution >= 0.6 is 22.9 Å². The zero-order valence-corrected chi connectivity index (χ0v) is 19.3. The molecule has 10 heteroatoms. The molecule has 1 saturated carbocycles. The lowest BCUT2D eigenvalue weighted by atomic mass is 9.98. The van der Waals surface area contributed by atoms with Crippen LogP contribution < -0.4 is 10.1 Å². The van der Waals surface area contributed by atoms with Crippen molar-refractivity contribution in [2.24, 2.45) is 0 Å². The number of carbonyl (C=O) groups excluding carboxylic acids is 1. The third kappa shape index (κ3) is 8.03. The molecule has 0 saturated heterocycles. The van der Waals surface area contributed by atoms with Gasteiger partial charge in [0.1, 0.15) is 10.8 Å². The summed E-state index contributed by atoms with van der Waals surface area (Å²) in [6.07, 6.45) is 4.83. The van der Waals surface area contributed by atoms with E-state index >= 15 is 0 Å². The predicted octanol–water partition coefficient (Wildman–Crippen LogP) is 5.97. The average molecular weight is 490 g/mol. The largest absolute Gasteiger partial charge is 0.503 e. The van der Waals surface area contributed by atoms with Gasteiger partial charge in [0.05, 0.1) is 11.1 Å². The van der Waals surface area contributed by atoms with E-state index in [1.807, 2.05) is 30.3 Å². The Morgan fingerprint density at radius 1 is 1.06 bits per heavy atom. The van der Waals surface area contributed by atoms with E-state index in [0.29, 0.717) is 27.9 Å². The number of hydrogen-bond donors (Lipinski definition) is 3. The molecule has 0 bridgehead atoms. The number of halogens is 1. The van der Waals surface area contributed by atoms with Crippen LogP contribution in [0.15, 0.2) is 48.5 Å². The van der Waals surface area contributed by atoms with Gasteiger partial charge >= 0.3 is 6.16 Å². The van der Waals surface area contributed by atoms with Gasteiger partial charge < -0.3 is 14.9 Å². The molecule has 3 aromatic rings. The van der Waals surface area contributed by atoms with Crippen molar-refractivity contribution >= 4 is 40.1 Å². The second-order valence-corrected chi connectivity index (χ2v) is 8.89. The highest BCUT2D eigenvalue weighted by Crippen LogP contribution is 2.30. The average Bonchev–Trinajstić information content (AvgIpc) is 3.22. The third-order valence-electron chi connectivity index (χ3n) is 4.93. The summed E-state index contributed by atoms with van der Waals surface area (Å²) in [6.45, 7) is 0. The molecule has 8 nitrogen and oxygen atoms in total. The fourth-order valence-corrected chi connectivity index (χ4v) is 4.41. The molecule has 1 aromatic heterocycles. The Morgan fingerprint density at radius 3 is 2.42 bits per heavy atom. The van der Waals surface area contributed by atoms with Crippen LogP contribution in [0.1, 0.15) is 53.0 Å². The quantitative estimate of drug-likeness (QED) is 0.390. The van der Waals surface area contributed by atoms with Gasteiger partial charge in [0, 0.05) is 12.0 Å². The van der Waals surface area contributed by atoms with Crippen molar-refractivity contribution in [3.63, 3.8) is 0 Å². The summed E-state index contributed by atoms with van der Waals surface area (Å²) in [5.74, 6) is 0.370. The Labute approximate surface area is 200 Å². The number of carbonyl (C=O) groups is 2. The summed E-state index contributed by atoms with van der Waals surface area (Å²) in [5.41, 5.74) is 1.62. The van der Waals surface area contributed by atoms with Crippen LogP contribution in [0.4, 0.5) is 9.93 Å². The zero-order valence-electron chi connectivity index (χ0n) is 17.7. The number of rotatable bonds is 6. The van der Waals surface area contributed by atoms with Gasteiger partial charge in [0.15, 0.2) is 0 Å². The number of benzene rings is 2. The molecule has 33 heavy (non-hydrogen) atoms. The standard InChI is InChI=1S/C22H22ClN3O2S.CH2O3/c23-18-14-16(11-12-19(18)28-17-9-5-2-6-10-17)21(27)24-22-26-25-20(29-22)13-15-7-3-1-4-8-15;2-1(3)4/h1,3-4,7-8,11-12,14,17H,2,5-6,9-10,13H2,(H,24,26,27);(H2,2,3,4). The van der Waals surface area contributed by atoms with E-state index < -0.39 is 6.16 Å². The van der Waals surface area contributed by atoms with Gasteiger partial charge in [-0.15, -0.1) is 10.2 Å². The fraction of sp³-hybridized carbons (Fsp3) is 0.304. The van der Waals surface area contributed by atoms with E-state index in [-0.39, 0.29) is 12.0 Å². The first-order valence-electron chi connectivity index (χ1n) is 10.5. The van der Waals surface area contributed by atoms with Crippen LogP contribution in [0.2, 0.25) is 5.02 Å². The summed E-state index contributed by atoms with van der Waals surface area (Å²) in [6, 6.07) is 15.2. The fourth-order valence-electron chi connectivity index (χ4n) is 3.42. The summed E-state index contributed by atoms with van der Waals surface area (Å²) in [7, 11) is 0. The second kappa shape index (κ2) is 12.2. The third-order valence-corrected chi connectivity index (χ3v) is 6.06. The minimum Gasteiger partial charge on any atom is -0.489 e. The zero-order chi connectivity index (χ0) is 23.6. The van der Waals surface area contributed by atoms with Gasteiger partial charge in [0.25, 0.3) is 5.91 Å². The smallest absolute Gasteiger partial charge is 0.489 e. The Bertz CT molecular complexity index is 1070. The first-order valence-corrected chi connectivity index (χ1v) is 11.7. The lowest BCUT2D eigenvalue weighted by Crippen LogP contribution is -2.20. The lowest BCUT2D eigenvalue weighted by molar-refractivity contribution is 0.102. The number of ether oxygens (including phenoxy) is 1. The van der Waals surface area contributed by atoms with Gasteiger partial charge in [-0.25, -0.2) is 4.79 Å². The van der Waals surface area contributed by atoms with Gasteiger partial charge in [-0.1, -0.05) is 59.7 Å². The van der Waals surface area contributed by atoms with Gasteiger partial charge in [-0.3, -0.25) is 10.1 Å². The molecular weight excluding hydrogens is 466 g/mol. The number of carboxylic acid groups (broad SMARTS) is 2. The molecule has 1 amide bonds. The number of nitrogens with zero attached hydrogens (tertiary/aromatic N) is 2. The lowest BCUT2D eigenvalue weighted by Gasteiger charge is -2.23. The molecule has 1 aliphatic rings. The van der Waals surface area contributed by atoms with E-state index in [0.717, 1.165) is 23.4 Å². The predicted molar refractivity (Wildman–Crippen MR) is 127 cm³/mol. The highest BCUT2D eigenvalue weighted by molar-refractivity contribution is 7.15. The molecule has 0 atom stereocenters. The number of aromatic nitrogens is 2. The van der Waals surface area contributed by atoms with Crippen molar-refractivity contribution in [1.82, 2.24) is 10.2 Å². The van der Waals surface area contributed by atoms with Crippen molar-refractivity contribution in [3.05, 3.63) is 69.7 Å². The monoisotopic (exact) mass is 489 g/mol. The van der Waals surface area contributed by atoms with E-state index in [1.54, 1.807) is 18.2 Å². The van der Waals surface area contributed by atoms with E-state index in [2.05, 4.69) is 15.5 Å². The first-order chi connectivity index (χ1) is 15.9. The molecule has 2 aromatic carbocycles. The van der Waals surface area contributed by atoms with Gasteiger partial charge in [-0.05, 0) is 49.4 Å². The second-order valence-electron chi connectivity index (χ2n) is 7.42. The maximum atomic E-state index is 12.6. The molecule has 0 radical (unpaired) electrons. The van der Waals surface area contributed by atoms with Gasteiger partial charge in [-0.2, -0.15) is 0 Å². The molecule has 4 rings (SSSR count). The molecule has 3 N–H and O–H groups in total. The number of hydrogen-bond acceptors (Lipinski definition) is 6.